The largest absolute Gasteiger partial charge is 0.391 e. The molecule has 2 amide bonds. The molecule has 6 heteroatoms. The highest BCUT2D eigenvalue weighted by atomic mass is 16.5. The molecule has 0 radical (unpaired) electrons. The lowest BCUT2D eigenvalue weighted by atomic mass is 10.1. The summed E-state index contributed by atoms with van der Waals surface area (Å²) in [4.78, 5) is 21.2. The summed E-state index contributed by atoms with van der Waals surface area (Å²) in [7, 11) is 0. The van der Waals surface area contributed by atoms with E-state index in [-0.39, 0.29) is 6.61 Å². The fraction of sp³-hybridized carbons (Fsp3) is 0.714. The lowest BCUT2D eigenvalue weighted by Crippen LogP contribution is -2.52. The first-order valence-corrected chi connectivity index (χ1v) is 3.97. The molecule has 0 aromatic heterocycles. The summed E-state index contributed by atoms with van der Waals surface area (Å²) in [6, 6.07) is -0.534. The van der Waals surface area contributed by atoms with Crippen LogP contribution in [-0.2, 0) is 14.3 Å². The molecule has 1 heterocycles. The van der Waals surface area contributed by atoms with Gasteiger partial charge in [-0.1, -0.05) is 0 Å². The zero-order valence-corrected chi connectivity index (χ0v) is 7.03. The van der Waals surface area contributed by atoms with Gasteiger partial charge in [-0.3, -0.25) is 9.59 Å². The number of rotatable bonds is 1. The van der Waals surface area contributed by atoms with E-state index < -0.39 is 24.0 Å². The Morgan fingerprint density at radius 3 is 2.77 bits per heavy atom. The van der Waals surface area contributed by atoms with Crippen LogP contribution in [0.25, 0.3) is 0 Å². The van der Waals surface area contributed by atoms with Gasteiger partial charge in [0, 0.05) is 6.61 Å². The van der Waals surface area contributed by atoms with Crippen molar-refractivity contribution in [3.63, 3.8) is 0 Å². The van der Waals surface area contributed by atoms with Crippen LogP contribution in [0.4, 0.5) is 0 Å². The van der Waals surface area contributed by atoms with Gasteiger partial charge in [0.2, 0.25) is 0 Å². The van der Waals surface area contributed by atoms with Crippen LogP contribution in [0.2, 0.25) is 0 Å². The third-order valence-corrected chi connectivity index (χ3v) is 1.86. The van der Waals surface area contributed by atoms with Crippen molar-refractivity contribution in [3.05, 3.63) is 0 Å². The molecule has 1 aliphatic heterocycles. The summed E-state index contributed by atoms with van der Waals surface area (Å²) < 4.78 is 5.01. The normalized spacial score (nSPS) is 28.1. The number of nitrogens with two attached hydrogens (primary N) is 1. The molecule has 74 valence electrons. The molecular weight excluding hydrogens is 176 g/mol. The van der Waals surface area contributed by atoms with Crippen molar-refractivity contribution in [3.8, 4) is 0 Å². The first-order chi connectivity index (χ1) is 6.11. The van der Waals surface area contributed by atoms with Crippen LogP contribution in [0.3, 0.4) is 0 Å². The summed E-state index contributed by atoms with van der Waals surface area (Å²) in [6.07, 6.45) is -0.221. The quantitative estimate of drug-likeness (QED) is 0.404. The van der Waals surface area contributed by atoms with E-state index in [9.17, 15) is 14.7 Å². The molecule has 13 heavy (non-hydrogen) atoms. The van der Waals surface area contributed by atoms with Gasteiger partial charge in [0.05, 0.1) is 18.8 Å². The maximum atomic E-state index is 10.8. The van der Waals surface area contributed by atoms with Gasteiger partial charge in [0.1, 0.15) is 0 Å². The number of aliphatic hydroxyl groups is 1. The van der Waals surface area contributed by atoms with E-state index in [1.165, 1.54) is 0 Å². The summed E-state index contributed by atoms with van der Waals surface area (Å²) in [5.74, 6) is -1.95. The monoisotopic (exact) mass is 188 g/mol. The highest BCUT2D eigenvalue weighted by Crippen LogP contribution is 2.06. The highest BCUT2D eigenvalue weighted by Gasteiger charge is 2.26. The lowest BCUT2D eigenvalue weighted by Gasteiger charge is -2.27. The molecule has 0 bridgehead atoms. The number of primary amides is 1. The van der Waals surface area contributed by atoms with Crippen molar-refractivity contribution in [2.45, 2.75) is 18.6 Å². The van der Waals surface area contributed by atoms with Gasteiger partial charge >= 0.3 is 11.8 Å². The van der Waals surface area contributed by atoms with Crippen LogP contribution in [0, 0.1) is 0 Å². The topological polar surface area (TPSA) is 102 Å². The smallest absolute Gasteiger partial charge is 0.309 e. The second-order valence-electron chi connectivity index (χ2n) is 2.88. The van der Waals surface area contributed by atoms with Crippen LogP contribution in [0.5, 0.6) is 0 Å². The summed E-state index contributed by atoms with van der Waals surface area (Å²) in [6.45, 7) is 0.671. The van der Waals surface area contributed by atoms with E-state index in [1.807, 2.05) is 0 Å². The van der Waals surface area contributed by atoms with Gasteiger partial charge < -0.3 is 20.9 Å². The third kappa shape index (κ3) is 2.67. The fourth-order valence-corrected chi connectivity index (χ4v) is 1.10. The maximum absolute atomic E-state index is 10.8. The predicted molar refractivity (Wildman–Crippen MR) is 42.6 cm³/mol. The Morgan fingerprint density at radius 2 is 2.23 bits per heavy atom. The van der Waals surface area contributed by atoms with E-state index in [0.717, 1.165) is 0 Å². The lowest BCUT2D eigenvalue weighted by molar-refractivity contribution is -0.139. The number of carbonyl (C=O) groups excluding carboxylic acids is 2. The second-order valence-corrected chi connectivity index (χ2v) is 2.88. The molecule has 0 saturated carbocycles. The number of carbonyl (C=O) groups is 2. The molecular formula is C7H12N2O4. The Bertz CT molecular complexity index is 219. The molecule has 4 N–H and O–H groups in total. The Hall–Kier alpha value is -1.14. The molecule has 0 spiro atoms. The van der Waals surface area contributed by atoms with Gasteiger partial charge in [-0.15, -0.1) is 0 Å². The van der Waals surface area contributed by atoms with Crippen molar-refractivity contribution in [1.29, 1.82) is 0 Å². The first-order valence-electron chi connectivity index (χ1n) is 3.97. The van der Waals surface area contributed by atoms with Crippen molar-refractivity contribution < 1.29 is 19.4 Å². The van der Waals surface area contributed by atoms with Crippen LogP contribution in [0.1, 0.15) is 6.42 Å². The number of ether oxygens (including phenoxy) is 1. The summed E-state index contributed by atoms with van der Waals surface area (Å²) in [5.41, 5.74) is 4.73. The van der Waals surface area contributed by atoms with Gasteiger partial charge in [0.15, 0.2) is 0 Å². The Balaban J connectivity index is 2.42. The molecule has 2 atom stereocenters. The number of hydrogen-bond donors (Lipinski definition) is 3. The standard InChI is InChI=1S/C7H12N2O4/c8-6(11)7(12)9-4-3-13-2-1-5(4)10/h4-5,10H,1-3H2,(H2,8,11)(H,9,12). The van der Waals surface area contributed by atoms with E-state index >= 15 is 0 Å². The summed E-state index contributed by atoms with van der Waals surface area (Å²) in [5, 5.41) is 11.6. The van der Waals surface area contributed by atoms with E-state index in [0.29, 0.717) is 13.0 Å². The predicted octanol–water partition coefficient (Wildman–Crippen LogP) is -2.26. The highest BCUT2D eigenvalue weighted by molar-refractivity contribution is 6.34. The van der Waals surface area contributed by atoms with Crippen molar-refractivity contribution in [1.82, 2.24) is 5.32 Å². The average molecular weight is 188 g/mol. The molecule has 1 aliphatic rings. The Morgan fingerprint density at radius 1 is 1.54 bits per heavy atom. The van der Waals surface area contributed by atoms with Gasteiger partial charge in [-0.2, -0.15) is 0 Å². The number of nitrogens with one attached hydrogen (secondary N) is 1. The average Bonchev–Trinajstić information content (AvgIpc) is 2.08. The summed E-state index contributed by atoms with van der Waals surface area (Å²) >= 11 is 0. The van der Waals surface area contributed by atoms with Crippen molar-refractivity contribution in [2.75, 3.05) is 13.2 Å². The molecule has 0 aliphatic carbocycles. The molecule has 6 nitrogen and oxygen atoms in total. The van der Waals surface area contributed by atoms with E-state index in [1.54, 1.807) is 0 Å². The van der Waals surface area contributed by atoms with Gasteiger partial charge in [-0.25, -0.2) is 0 Å². The number of hydrogen-bond acceptors (Lipinski definition) is 4. The second kappa shape index (κ2) is 4.20. The first kappa shape index (κ1) is 9.94. The molecule has 2 unspecified atom stereocenters. The minimum absolute atomic E-state index is 0.209. The van der Waals surface area contributed by atoms with Crippen LogP contribution < -0.4 is 11.1 Å². The molecule has 1 saturated heterocycles. The van der Waals surface area contributed by atoms with Crippen LogP contribution in [0.15, 0.2) is 0 Å². The van der Waals surface area contributed by atoms with E-state index in [2.05, 4.69) is 5.32 Å². The Kier molecular flexibility index (Phi) is 3.21. The fourth-order valence-electron chi connectivity index (χ4n) is 1.10. The minimum atomic E-state index is -1.06. The molecule has 0 aromatic carbocycles. The number of aliphatic hydroxyl groups excluding tert-OH is 1. The van der Waals surface area contributed by atoms with Gasteiger partial charge in [-0.05, 0) is 6.42 Å². The van der Waals surface area contributed by atoms with Crippen molar-refractivity contribution in [2.24, 2.45) is 5.73 Å². The SMILES string of the molecule is NC(=O)C(=O)NC1COCCC1O. The zero-order valence-electron chi connectivity index (χ0n) is 7.03. The Labute approximate surface area is 75.0 Å². The molecule has 1 fully saturated rings. The zero-order chi connectivity index (χ0) is 9.84. The van der Waals surface area contributed by atoms with E-state index in [4.69, 9.17) is 10.5 Å². The third-order valence-electron chi connectivity index (χ3n) is 1.86. The minimum Gasteiger partial charge on any atom is -0.391 e. The molecule has 0 aromatic rings. The van der Waals surface area contributed by atoms with Crippen LogP contribution >= 0.6 is 0 Å². The molecule has 1 rings (SSSR count). The van der Waals surface area contributed by atoms with Crippen molar-refractivity contribution >= 4 is 11.8 Å². The number of amides is 2. The maximum Gasteiger partial charge on any atom is 0.309 e. The van der Waals surface area contributed by atoms with Gasteiger partial charge in [0.25, 0.3) is 0 Å². The van der Waals surface area contributed by atoms with Crippen LogP contribution in [-0.4, -0.2) is 42.3 Å².